The summed E-state index contributed by atoms with van der Waals surface area (Å²) in [6.07, 6.45) is 0.774. The van der Waals surface area contributed by atoms with Gasteiger partial charge in [-0.05, 0) is 69.9 Å². The Balaban J connectivity index is 2.38. The molecule has 0 saturated heterocycles. The van der Waals surface area contributed by atoms with Gasteiger partial charge in [0.25, 0.3) is 5.91 Å². The lowest BCUT2D eigenvalue weighted by Crippen LogP contribution is -2.47. The number of nitrogens with zero attached hydrogens (tertiary/aromatic N) is 1. The molecule has 8 nitrogen and oxygen atoms in total. The van der Waals surface area contributed by atoms with Gasteiger partial charge in [-0.25, -0.2) is 4.79 Å². The molecule has 8 heteroatoms. The fourth-order valence-electron chi connectivity index (χ4n) is 3.62. The summed E-state index contributed by atoms with van der Waals surface area (Å²) in [5, 5.41) is 15.3. The summed E-state index contributed by atoms with van der Waals surface area (Å²) in [6.45, 7) is 11.0. The van der Waals surface area contributed by atoms with Gasteiger partial charge in [-0.15, -0.1) is 0 Å². The molecule has 0 aliphatic carbocycles. The molecular weight excluding hydrogens is 446 g/mol. The fraction of sp³-hybridized carbons (Fsp3) is 0.444. The van der Waals surface area contributed by atoms with Gasteiger partial charge in [0.2, 0.25) is 5.91 Å². The predicted octanol–water partition coefficient (Wildman–Crippen LogP) is 4.84. The number of hydrogen-bond acceptors (Lipinski definition) is 5. The molecule has 1 atom stereocenters. The maximum Gasteiger partial charge on any atom is 0.408 e. The van der Waals surface area contributed by atoms with Gasteiger partial charge in [0.05, 0.1) is 0 Å². The van der Waals surface area contributed by atoms with Crippen LogP contribution in [0.5, 0.6) is 5.75 Å². The van der Waals surface area contributed by atoms with Crippen molar-refractivity contribution in [3.8, 4) is 5.75 Å². The lowest BCUT2D eigenvalue weighted by atomic mass is 10.0. The maximum absolute atomic E-state index is 13.7. The Morgan fingerprint density at radius 1 is 1.03 bits per heavy atom. The van der Waals surface area contributed by atoms with Crippen molar-refractivity contribution in [1.82, 2.24) is 10.2 Å². The van der Waals surface area contributed by atoms with Crippen LogP contribution in [0.3, 0.4) is 0 Å². The standard InChI is InChI=1S/C27H37N3O5/c1-7-8-16-30(22(32)17-28-26(34)35-27(4,5)6)24(20-12-14-21(31)15-13-20)25(33)29-23-18(2)10-9-11-19(23)3/h9-15,24,31H,7-8,16-17H2,1-6H3,(H,28,34)(H,29,33). The number of benzene rings is 2. The topological polar surface area (TPSA) is 108 Å². The number of anilines is 1. The van der Waals surface area contributed by atoms with E-state index in [0.717, 1.165) is 17.5 Å². The van der Waals surface area contributed by atoms with Gasteiger partial charge in [-0.2, -0.15) is 0 Å². The monoisotopic (exact) mass is 483 g/mol. The Morgan fingerprint density at radius 3 is 2.17 bits per heavy atom. The lowest BCUT2D eigenvalue weighted by molar-refractivity contribution is -0.138. The van der Waals surface area contributed by atoms with Crippen molar-refractivity contribution in [2.24, 2.45) is 0 Å². The highest BCUT2D eigenvalue weighted by Gasteiger charge is 2.32. The van der Waals surface area contributed by atoms with Gasteiger partial charge in [0.15, 0.2) is 0 Å². The van der Waals surface area contributed by atoms with Crippen molar-refractivity contribution in [3.05, 3.63) is 59.2 Å². The van der Waals surface area contributed by atoms with Crippen LogP contribution < -0.4 is 10.6 Å². The van der Waals surface area contributed by atoms with Crippen LogP contribution >= 0.6 is 0 Å². The smallest absolute Gasteiger partial charge is 0.408 e. The number of phenolic OH excluding ortho intramolecular Hbond substituents is 1. The summed E-state index contributed by atoms with van der Waals surface area (Å²) >= 11 is 0. The highest BCUT2D eigenvalue weighted by atomic mass is 16.6. The zero-order chi connectivity index (χ0) is 26.2. The van der Waals surface area contributed by atoms with Crippen molar-refractivity contribution in [2.45, 2.75) is 66.0 Å². The quantitative estimate of drug-likeness (QED) is 0.473. The van der Waals surface area contributed by atoms with Crippen LogP contribution in [-0.4, -0.2) is 46.6 Å². The highest BCUT2D eigenvalue weighted by Crippen LogP contribution is 2.27. The van der Waals surface area contributed by atoms with Crippen molar-refractivity contribution < 1.29 is 24.2 Å². The van der Waals surface area contributed by atoms with Gasteiger partial charge in [-0.3, -0.25) is 9.59 Å². The van der Waals surface area contributed by atoms with Crippen LogP contribution in [0.1, 0.15) is 63.3 Å². The molecule has 2 rings (SSSR count). The third kappa shape index (κ3) is 8.31. The number of para-hydroxylation sites is 1. The number of aryl methyl sites for hydroxylation is 2. The minimum atomic E-state index is -0.964. The Hall–Kier alpha value is -3.55. The zero-order valence-corrected chi connectivity index (χ0v) is 21.5. The van der Waals surface area contributed by atoms with E-state index < -0.39 is 23.6 Å². The Bertz CT molecular complexity index is 1010. The number of hydrogen-bond donors (Lipinski definition) is 3. The molecule has 0 saturated carbocycles. The van der Waals surface area contributed by atoms with Gasteiger partial charge >= 0.3 is 6.09 Å². The first-order chi connectivity index (χ1) is 16.4. The van der Waals surface area contributed by atoms with Crippen LogP contribution in [0.4, 0.5) is 10.5 Å². The van der Waals surface area contributed by atoms with Crippen LogP contribution in [0.15, 0.2) is 42.5 Å². The normalized spacial score (nSPS) is 11.9. The average molecular weight is 484 g/mol. The Morgan fingerprint density at radius 2 is 1.63 bits per heavy atom. The first-order valence-corrected chi connectivity index (χ1v) is 11.8. The molecule has 2 aromatic rings. The second kappa shape index (κ2) is 12.2. The molecule has 3 amide bonds. The van der Waals surface area contributed by atoms with Crippen molar-refractivity contribution in [3.63, 3.8) is 0 Å². The van der Waals surface area contributed by atoms with Crippen molar-refractivity contribution in [2.75, 3.05) is 18.4 Å². The number of carbonyl (C=O) groups is 3. The van der Waals surface area contributed by atoms with Crippen molar-refractivity contribution in [1.29, 1.82) is 0 Å². The molecule has 0 spiro atoms. The number of ether oxygens (including phenoxy) is 1. The minimum Gasteiger partial charge on any atom is -0.508 e. The summed E-state index contributed by atoms with van der Waals surface area (Å²) < 4.78 is 5.23. The summed E-state index contributed by atoms with van der Waals surface area (Å²) in [7, 11) is 0. The summed E-state index contributed by atoms with van der Waals surface area (Å²) in [4.78, 5) is 40.6. The molecule has 190 valence electrons. The van der Waals surface area contributed by atoms with E-state index in [9.17, 15) is 19.5 Å². The minimum absolute atomic E-state index is 0.0562. The van der Waals surface area contributed by atoms with Gasteiger partial charge in [-0.1, -0.05) is 43.7 Å². The largest absolute Gasteiger partial charge is 0.508 e. The molecule has 0 radical (unpaired) electrons. The molecular formula is C27H37N3O5. The number of nitrogens with one attached hydrogen (secondary N) is 2. The zero-order valence-electron chi connectivity index (χ0n) is 21.5. The maximum atomic E-state index is 13.7. The third-order valence-corrected chi connectivity index (χ3v) is 5.35. The van der Waals surface area contributed by atoms with Crippen LogP contribution in [0.2, 0.25) is 0 Å². The molecule has 0 bridgehead atoms. The van der Waals surface area contributed by atoms with Gasteiger partial charge in [0, 0.05) is 12.2 Å². The number of aromatic hydroxyl groups is 1. The van der Waals surface area contributed by atoms with E-state index in [4.69, 9.17) is 4.74 Å². The van der Waals surface area contributed by atoms with Crippen LogP contribution in [-0.2, 0) is 14.3 Å². The Kier molecular flexibility index (Phi) is 9.68. The first kappa shape index (κ1) is 27.7. The number of unbranched alkanes of at least 4 members (excludes halogenated alkanes) is 1. The number of phenols is 1. The molecule has 0 heterocycles. The van der Waals surface area contributed by atoms with E-state index in [1.807, 2.05) is 39.0 Å². The van der Waals surface area contributed by atoms with Gasteiger partial charge in [0.1, 0.15) is 23.9 Å². The van der Waals surface area contributed by atoms with Gasteiger partial charge < -0.3 is 25.4 Å². The number of amides is 3. The summed E-state index contributed by atoms with van der Waals surface area (Å²) in [6, 6.07) is 11.0. The Labute approximate surface area is 207 Å². The number of alkyl carbamates (subject to hydrolysis) is 1. The third-order valence-electron chi connectivity index (χ3n) is 5.35. The average Bonchev–Trinajstić information content (AvgIpc) is 2.77. The molecule has 0 aliphatic heterocycles. The summed E-state index contributed by atoms with van der Waals surface area (Å²) in [5.74, 6) is -0.741. The van der Waals surface area contributed by atoms with Crippen molar-refractivity contribution >= 4 is 23.6 Å². The first-order valence-electron chi connectivity index (χ1n) is 11.8. The van der Waals surface area contributed by atoms with E-state index in [1.165, 1.54) is 17.0 Å². The molecule has 1 unspecified atom stereocenters. The predicted molar refractivity (Wildman–Crippen MR) is 136 cm³/mol. The second-order valence-electron chi connectivity index (χ2n) is 9.55. The highest BCUT2D eigenvalue weighted by molar-refractivity contribution is 5.99. The van der Waals surface area contributed by atoms with Crippen LogP contribution in [0, 0.1) is 13.8 Å². The molecule has 35 heavy (non-hydrogen) atoms. The molecule has 2 aromatic carbocycles. The fourth-order valence-corrected chi connectivity index (χ4v) is 3.62. The lowest BCUT2D eigenvalue weighted by Gasteiger charge is -2.32. The molecule has 3 N–H and O–H groups in total. The number of rotatable bonds is 9. The van der Waals surface area contributed by atoms with E-state index in [2.05, 4.69) is 10.6 Å². The molecule has 0 aliphatic rings. The van der Waals surface area contributed by atoms with E-state index in [0.29, 0.717) is 24.2 Å². The van der Waals surface area contributed by atoms with Crippen LogP contribution in [0.25, 0.3) is 0 Å². The molecule has 0 fully saturated rings. The molecule has 0 aromatic heterocycles. The van der Waals surface area contributed by atoms with E-state index >= 15 is 0 Å². The second-order valence-corrected chi connectivity index (χ2v) is 9.55. The summed E-state index contributed by atoms with van der Waals surface area (Å²) in [5.41, 5.74) is 2.35. The number of carbonyl (C=O) groups excluding carboxylic acids is 3. The SMILES string of the molecule is CCCCN(C(=O)CNC(=O)OC(C)(C)C)C(C(=O)Nc1c(C)cccc1C)c1ccc(O)cc1. The van der Waals surface area contributed by atoms with E-state index in [1.54, 1.807) is 32.9 Å². The van der Waals surface area contributed by atoms with E-state index in [-0.39, 0.29) is 18.2 Å².